The van der Waals surface area contributed by atoms with Crippen LogP contribution in [0.2, 0.25) is 0 Å². The van der Waals surface area contributed by atoms with Gasteiger partial charge >= 0.3 is 0 Å². The Labute approximate surface area is 138 Å². The molecule has 1 heterocycles. The van der Waals surface area contributed by atoms with Crippen molar-refractivity contribution in [3.8, 4) is 0 Å². The van der Waals surface area contributed by atoms with E-state index < -0.39 is 10.0 Å². The first kappa shape index (κ1) is 17.8. The third kappa shape index (κ3) is 4.04. The summed E-state index contributed by atoms with van der Waals surface area (Å²) in [6, 6.07) is 5.47. The van der Waals surface area contributed by atoms with Crippen molar-refractivity contribution in [3.63, 3.8) is 0 Å². The van der Waals surface area contributed by atoms with Gasteiger partial charge in [0.1, 0.15) is 0 Å². The first-order valence-electron chi connectivity index (χ1n) is 7.64. The summed E-state index contributed by atoms with van der Waals surface area (Å²) in [5.74, 6) is 1.89. The Bertz CT molecular complexity index is 615. The van der Waals surface area contributed by atoms with E-state index in [1.165, 1.54) is 0 Å². The summed E-state index contributed by atoms with van der Waals surface area (Å²) < 4.78 is 27.9. The lowest BCUT2D eigenvalue weighted by Crippen LogP contribution is -2.46. The Morgan fingerprint density at radius 3 is 2.64 bits per heavy atom. The average Bonchev–Trinajstić information content (AvgIpc) is 2.67. The van der Waals surface area contributed by atoms with E-state index in [2.05, 4.69) is 4.90 Å². The van der Waals surface area contributed by atoms with Crippen molar-refractivity contribution in [1.82, 2.24) is 9.21 Å². The van der Waals surface area contributed by atoms with Crippen molar-refractivity contribution in [1.29, 1.82) is 0 Å². The monoisotopic (exact) mass is 342 g/mol. The molecule has 0 N–H and O–H groups in total. The summed E-state index contributed by atoms with van der Waals surface area (Å²) in [6.45, 7) is 5.34. The Morgan fingerprint density at radius 1 is 1.27 bits per heavy atom. The highest BCUT2D eigenvalue weighted by molar-refractivity contribution is 7.99. The maximum absolute atomic E-state index is 13.1. The number of likely N-dealkylation sites (N-methyl/N-ethyl adjacent to an activating group) is 1. The van der Waals surface area contributed by atoms with E-state index in [1.807, 2.05) is 45.8 Å². The minimum Gasteiger partial charge on any atom is -0.308 e. The highest BCUT2D eigenvalue weighted by atomic mass is 32.2. The fourth-order valence-electron chi connectivity index (χ4n) is 2.70. The molecule has 1 fully saturated rings. The molecular weight excluding hydrogens is 316 g/mol. The molecule has 0 radical (unpaired) electrons. The van der Waals surface area contributed by atoms with E-state index in [-0.39, 0.29) is 6.04 Å². The molecule has 1 atom stereocenters. The minimum atomic E-state index is -3.43. The lowest BCUT2D eigenvalue weighted by atomic mass is 10.1. The van der Waals surface area contributed by atoms with Crippen LogP contribution in [0.1, 0.15) is 17.5 Å². The predicted molar refractivity (Wildman–Crippen MR) is 94.1 cm³/mol. The Morgan fingerprint density at radius 2 is 2.00 bits per heavy atom. The van der Waals surface area contributed by atoms with Crippen molar-refractivity contribution >= 4 is 21.8 Å². The second-order valence-corrected chi connectivity index (χ2v) is 9.25. The first-order chi connectivity index (χ1) is 10.3. The van der Waals surface area contributed by atoms with E-state index in [0.717, 1.165) is 35.6 Å². The van der Waals surface area contributed by atoms with Gasteiger partial charge in [-0.2, -0.15) is 16.1 Å². The van der Waals surface area contributed by atoms with Crippen LogP contribution in [0.4, 0.5) is 0 Å². The number of thioether (sulfide) groups is 1. The molecule has 0 unspecified atom stereocenters. The predicted octanol–water partition coefficient (Wildman–Crippen LogP) is 2.36. The van der Waals surface area contributed by atoms with Crippen LogP contribution >= 0.6 is 11.8 Å². The van der Waals surface area contributed by atoms with E-state index in [9.17, 15) is 8.42 Å². The van der Waals surface area contributed by atoms with Crippen LogP contribution in [0, 0.1) is 13.8 Å². The molecule has 1 aliphatic rings. The van der Waals surface area contributed by atoms with Gasteiger partial charge in [-0.15, -0.1) is 0 Å². The van der Waals surface area contributed by atoms with Crippen LogP contribution in [0.3, 0.4) is 0 Å². The SMILES string of the molecule is Cc1ccc(S(=O)(=O)N2CCCSC[C@H]2CN(C)C)cc1C. The zero-order chi connectivity index (χ0) is 16.3. The van der Waals surface area contributed by atoms with E-state index in [1.54, 1.807) is 16.4 Å². The Balaban J connectivity index is 2.36. The van der Waals surface area contributed by atoms with Gasteiger partial charge in [-0.1, -0.05) is 6.07 Å². The van der Waals surface area contributed by atoms with Gasteiger partial charge in [-0.25, -0.2) is 8.42 Å². The van der Waals surface area contributed by atoms with Crippen molar-refractivity contribution in [2.24, 2.45) is 0 Å². The van der Waals surface area contributed by atoms with Gasteiger partial charge in [-0.3, -0.25) is 0 Å². The molecule has 0 amide bonds. The molecule has 22 heavy (non-hydrogen) atoms. The largest absolute Gasteiger partial charge is 0.308 e. The van der Waals surface area contributed by atoms with Gasteiger partial charge in [-0.05, 0) is 63.4 Å². The van der Waals surface area contributed by atoms with Crippen molar-refractivity contribution in [2.45, 2.75) is 31.2 Å². The second kappa shape index (κ2) is 7.34. The molecule has 1 aliphatic heterocycles. The summed E-state index contributed by atoms with van der Waals surface area (Å²) in [6.07, 6.45) is 0.915. The van der Waals surface area contributed by atoms with E-state index >= 15 is 0 Å². The molecule has 124 valence electrons. The van der Waals surface area contributed by atoms with Gasteiger partial charge in [0.05, 0.1) is 4.90 Å². The summed E-state index contributed by atoms with van der Waals surface area (Å²) in [5.41, 5.74) is 2.14. The van der Waals surface area contributed by atoms with Crippen molar-refractivity contribution in [3.05, 3.63) is 29.3 Å². The standard InChI is InChI=1S/C16H26N2O2S2/c1-13-6-7-16(10-14(13)2)22(19,20)18-8-5-9-21-12-15(18)11-17(3)4/h6-7,10,15H,5,8-9,11-12H2,1-4H3/t15-/m1/s1. The number of benzene rings is 1. The fourth-order valence-corrected chi connectivity index (χ4v) is 5.59. The lowest BCUT2D eigenvalue weighted by molar-refractivity contribution is 0.271. The fraction of sp³-hybridized carbons (Fsp3) is 0.625. The van der Waals surface area contributed by atoms with Crippen molar-refractivity contribution in [2.75, 3.05) is 38.7 Å². The molecule has 1 saturated heterocycles. The number of hydrogen-bond acceptors (Lipinski definition) is 4. The van der Waals surface area contributed by atoms with Crippen molar-refractivity contribution < 1.29 is 8.42 Å². The van der Waals surface area contributed by atoms with E-state index in [0.29, 0.717) is 11.4 Å². The van der Waals surface area contributed by atoms with Gasteiger partial charge in [0.15, 0.2) is 0 Å². The average molecular weight is 343 g/mol. The molecule has 0 aliphatic carbocycles. The quantitative estimate of drug-likeness (QED) is 0.842. The number of rotatable bonds is 4. The maximum atomic E-state index is 13.1. The molecule has 4 nitrogen and oxygen atoms in total. The van der Waals surface area contributed by atoms with Crippen LogP contribution in [-0.2, 0) is 10.0 Å². The number of nitrogens with zero attached hydrogens (tertiary/aromatic N) is 2. The number of hydrogen-bond donors (Lipinski definition) is 0. The summed E-state index contributed by atoms with van der Waals surface area (Å²) in [4.78, 5) is 2.49. The number of sulfonamides is 1. The van der Waals surface area contributed by atoms with Gasteiger partial charge in [0.2, 0.25) is 10.0 Å². The lowest BCUT2D eigenvalue weighted by Gasteiger charge is -2.31. The third-order valence-electron chi connectivity index (χ3n) is 4.05. The summed E-state index contributed by atoms with van der Waals surface area (Å²) >= 11 is 1.85. The summed E-state index contributed by atoms with van der Waals surface area (Å²) in [5, 5.41) is 0. The highest BCUT2D eigenvalue weighted by Crippen LogP contribution is 2.25. The molecule has 0 bridgehead atoms. The molecule has 6 heteroatoms. The second-order valence-electron chi connectivity index (χ2n) is 6.21. The van der Waals surface area contributed by atoms with Gasteiger partial charge < -0.3 is 4.90 Å². The molecule has 1 aromatic carbocycles. The number of aryl methyl sites for hydroxylation is 2. The molecule has 1 aromatic rings. The molecular formula is C16H26N2O2S2. The smallest absolute Gasteiger partial charge is 0.243 e. The highest BCUT2D eigenvalue weighted by Gasteiger charge is 2.33. The Kier molecular flexibility index (Phi) is 5.94. The first-order valence-corrected chi connectivity index (χ1v) is 10.2. The minimum absolute atomic E-state index is 0.0362. The molecule has 2 rings (SSSR count). The van der Waals surface area contributed by atoms with E-state index in [4.69, 9.17) is 0 Å². The van der Waals surface area contributed by atoms with Crippen LogP contribution in [0.5, 0.6) is 0 Å². The van der Waals surface area contributed by atoms with Gasteiger partial charge in [0, 0.05) is 24.9 Å². The van der Waals surface area contributed by atoms with Crippen LogP contribution in [0.15, 0.2) is 23.1 Å². The third-order valence-corrected chi connectivity index (χ3v) is 7.19. The topological polar surface area (TPSA) is 40.6 Å². The van der Waals surface area contributed by atoms with Crippen LogP contribution in [-0.4, -0.2) is 62.4 Å². The molecule has 0 aromatic heterocycles. The van der Waals surface area contributed by atoms with Crippen LogP contribution in [0.25, 0.3) is 0 Å². The maximum Gasteiger partial charge on any atom is 0.243 e. The Hall–Kier alpha value is -0.560. The van der Waals surface area contributed by atoms with Crippen LogP contribution < -0.4 is 0 Å². The molecule has 0 saturated carbocycles. The zero-order valence-electron chi connectivity index (χ0n) is 13.9. The summed E-state index contributed by atoms with van der Waals surface area (Å²) in [7, 11) is 0.567. The normalized spacial score (nSPS) is 21.0. The molecule has 0 spiro atoms. The zero-order valence-corrected chi connectivity index (χ0v) is 15.5. The van der Waals surface area contributed by atoms with Gasteiger partial charge in [0.25, 0.3) is 0 Å².